The van der Waals surface area contributed by atoms with Crippen LogP contribution in [-0.4, -0.2) is 4.98 Å². The average molecular weight is 184 g/mol. The van der Waals surface area contributed by atoms with Crippen LogP contribution >= 0.6 is 11.3 Å². The summed E-state index contributed by atoms with van der Waals surface area (Å²) in [7, 11) is 0. The Labute approximate surface area is 72.3 Å². The van der Waals surface area contributed by atoms with E-state index in [9.17, 15) is 4.39 Å². The third-order valence-corrected chi connectivity index (χ3v) is 2.50. The summed E-state index contributed by atoms with van der Waals surface area (Å²) >= 11 is 6.24. The summed E-state index contributed by atoms with van der Waals surface area (Å²) in [6.45, 7) is 0. The smallest absolute Gasteiger partial charge is 0.125 e. The molecule has 0 saturated heterocycles. The fourth-order valence-corrected chi connectivity index (χ4v) is 1.92. The van der Waals surface area contributed by atoms with Crippen molar-refractivity contribution >= 4 is 34.2 Å². The lowest BCUT2D eigenvalue weighted by Gasteiger charge is -1.88. The second-order valence-corrected chi connectivity index (χ2v) is 3.77. The number of thiazole rings is 1. The van der Waals surface area contributed by atoms with Crippen LogP contribution in [0.5, 0.6) is 0 Å². The van der Waals surface area contributed by atoms with Gasteiger partial charge in [-0.25, -0.2) is 4.39 Å². The molecule has 4 heteroatoms. The number of halogens is 1. The number of aromatic nitrogens is 1. The zero-order chi connectivity index (χ0) is 7.84. The molecular formula is C7H3FNS2-. The molecule has 2 rings (SSSR count). The molecule has 1 aromatic carbocycles. The van der Waals surface area contributed by atoms with E-state index in [-0.39, 0.29) is 5.82 Å². The van der Waals surface area contributed by atoms with Gasteiger partial charge in [0.1, 0.15) is 5.82 Å². The molecule has 0 aliphatic rings. The molecule has 1 heterocycles. The molecular weight excluding hydrogens is 181 g/mol. The van der Waals surface area contributed by atoms with Crippen LogP contribution in [0.25, 0.3) is 10.2 Å². The molecule has 0 atom stereocenters. The second-order valence-electron chi connectivity index (χ2n) is 2.09. The maximum absolute atomic E-state index is 12.6. The fourth-order valence-electron chi connectivity index (χ4n) is 0.879. The van der Waals surface area contributed by atoms with E-state index in [0.717, 1.165) is 4.70 Å². The highest BCUT2D eigenvalue weighted by Gasteiger charge is 1.93. The SMILES string of the molecule is Fc1ccc2sc([S-])nc2c1. The molecule has 0 amide bonds. The lowest BCUT2D eigenvalue weighted by atomic mass is 10.3. The summed E-state index contributed by atoms with van der Waals surface area (Å²) in [5, 5.41) is 0. The van der Waals surface area contributed by atoms with Crippen LogP contribution in [0, 0.1) is 5.82 Å². The Morgan fingerprint density at radius 1 is 1.45 bits per heavy atom. The largest absolute Gasteiger partial charge is 0.408 e. The third-order valence-electron chi connectivity index (χ3n) is 1.33. The highest BCUT2D eigenvalue weighted by Crippen LogP contribution is 2.21. The van der Waals surface area contributed by atoms with Gasteiger partial charge in [0.15, 0.2) is 0 Å². The summed E-state index contributed by atoms with van der Waals surface area (Å²) in [5.74, 6) is -0.266. The van der Waals surface area contributed by atoms with Gasteiger partial charge in [-0.05, 0) is 21.2 Å². The second kappa shape index (κ2) is 2.39. The van der Waals surface area contributed by atoms with E-state index in [4.69, 9.17) is 12.6 Å². The molecule has 0 spiro atoms. The van der Waals surface area contributed by atoms with Gasteiger partial charge in [-0.3, -0.25) is 4.98 Å². The van der Waals surface area contributed by atoms with E-state index in [1.807, 2.05) is 0 Å². The highest BCUT2D eigenvalue weighted by molar-refractivity contribution is 7.63. The van der Waals surface area contributed by atoms with Crippen molar-refractivity contribution in [3.63, 3.8) is 0 Å². The molecule has 56 valence electrons. The number of rotatable bonds is 0. The summed E-state index contributed by atoms with van der Waals surface area (Å²) in [6.07, 6.45) is 0. The number of fused-ring (bicyclic) bond motifs is 1. The lowest BCUT2D eigenvalue weighted by molar-refractivity contribution is 0.629. The van der Waals surface area contributed by atoms with Crippen molar-refractivity contribution in [2.24, 2.45) is 0 Å². The van der Waals surface area contributed by atoms with E-state index in [2.05, 4.69) is 4.98 Å². The predicted octanol–water partition coefficient (Wildman–Crippen LogP) is 2.34. The van der Waals surface area contributed by atoms with Crippen LogP contribution in [0.4, 0.5) is 4.39 Å². The van der Waals surface area contributed by atoms with Crippen LogP contribution in [0.2, 0.25) is 0 Å². The molecule has 0 bridgehead atoms. The van der Waals surface area contributed by atoms with Crippen LogP contribution in [-0.2, 0) is 12.6 Å². The number of hydrogen-bond acceptors (Lipinski definition) is 3. The third kappa shape index (κ3) is 1.19. The molecule has 0 saturated carbocycles. The first-order valence-corrected chi connectivity index (χ1v) is 4.21. The van der Waals surface area contributed by atoms with Gasteiger partial charge in [-0.1, -0.05) is 6.07 Å². The molecule has 1 aromatic heterocycles. The van der Waals surface area contributed by atoms with Gasteiger partial charge >= 0.3 is 0 Å². The van der Waals surface area contributed by atoms with Gasteiger partial charge in [0.25, 0.3) is 0 Å². The zero-order valence-electron chi connectivity index (χ0n) is 5.37. The van der Waals surface area contributed by atoms with E-state index in [0.29, 0.717) is 9.86 Å². The van der Waals surface area contributed by atoms with E-state index in [1.54, 1.807) is 6.07 Å². The van der Waals surface area contributed by atoms with Crippen LogP contribution in [0.1, 0.15) is 0 Å². The van der Waals surface area contributed by atoms with Gasteiger partial charge in [0.05, 0.1) is 5.52 Å². The highest BCUT2D eigenvalue weighted by atomic mass is 32.2. The number of benzene rings is 1. The quantitative estimate of drug-likeness (QED) is 0.583. The summed E-state index contributed by atoms with van der Waals surface area (Å²) in [4.78, 5) is 3.97. The van der Waals surface area contributed by atoms with Gasteiger partial charge in [0.2, 0.25) is 0 Å². The van der Waals surface area contributed by atoms with Crippen molar-refractivity contribution in [1.82, 2.24) is 4.98 Å². The van der Waals surface area contributed by atoms with Gasteiger partial charge in [0, 0.05) is 0 Å². The Balaban J connectivity index is 2.82. The number of hydrogen-bond donors (Lipinski definition) is 0. The van der Waals surface area contributed by atoms with Crippen molar-refractivity contribution in [2.45, 2.75) is 4.34 Å². The minimum atomic E-state index is -0.266. The van der Waals surface area contributed by atoms with Crippen LogP contribution < -0.4 is 0 Å². The van der Waals surface area contributed by atoms with Crippen molar-refractivity contribution in [1.29, 1.82) is 0 Å². The summed E-state index contributed by atoms with van der Waals surface area (Å²) < 4.78 is 14.1. The topological polar surface area (TPSA) is 12.9 Å². The zero-order valence-corrected chi connectivity index (χ0v) is 7.01. The first kappa shape index (κ1) is 6.94. The standard InChI is InChI=1S/C7H4FNS2/c8-4-1-2-6-5(3-4)9-7(10)11-6/h1-3H,(H,9,10)/p-1. The van der Waals surface area contributed by atoms with Gasteiger partial charge in [-0.2, -0.15) is 0 Å². The maximum atomic E-state index is 12.6. The summed E-state index contributed by atoms with van der Waals surface area (Å²) in [6, 6.07) is 4.50. The average Bonchev–Trinajstić information content (AvgIpc) is 2.27. The first-order valence-electron chi connectivity index (χ1n) is 2.99. The fraction of sp³-hybridized carbons (Fsp3) is 0. The molecule has 1 nitrogen and oxygen atoms in total. The van der Waals surface area contributed by atoms with Gasteiger partial charge in [-0.15, -0.1) is 0 Å². The van der Waals surface area contributed by atoms with Crippen molar-refractivity contribution in [3.05, 3.63) is 24.0 Å². The van der Waals surface area contributed by atoms with E-state index >= 15 is 0 Å². The minimum Gasteiger partial charge on any atom is -0.408 e. The number of nitrogens with zero attached hydrogens (tertiary/aromatic N) is 1. The van der Waals surface area contributed by atoms with E-state index in [1.165, 1.54) is 23.5 Å². The Hall–Kier alpha value is -0.740. The molecule has 0 fully saturated rings. The lowest BCUT2D eigenvalue weighted by Crippen LogP contribution is -1.72. The van der Waals surface area contributed by atoms with Crippen molar-refractivity contribution in [3.8, 4) is 0 Å². The molecule has 0 aliphatic heterocycles. The molecule has 2 aromatic rings. The van der Waals surface area contributed by atoms with E-state index < -0.39 is 0 Å². The normalized spacial score (nSPS) is 10.6. The molecule has 0 unspecified atom stereocenters. The molecule has 0 N–H and O–H groups in total. The van der Waals surface area contributed by atoms with Crippen molar-refractivity contribution in [2.75, 3.05) is 0 Å². The Bertz CT molecular complexity index is 396. The van der Waals surface area contributed by atoms with Crippen LogP contribution in [0.3, 0.4) is 0 Å². The van der Waals surface area contributed by atoms with Crippen molar-refractivity contribution < 1.29 is 4.39 Å². The maximum Gasteiger partial charge on any atom is 0.125 e. The van der Waals surface area contributed by atoms with Gasteiger partial charge < -0.3 is 24.0 Å². The first-order chi connectivity index (χ1) is 5.25. The predicted molar refractivity (Wildman–Crippen MR) is 45.2 cm³/mol. The molecule has 0 radical (unpaired) electrons. The monoisotopic (exact) mass is 184 g/mol. The molecule has 11 heavy (non-hydrogen) atoms. The minimum absolute atomic E-state index is 0.266. The summed E-state index contributed by atoms with van der Waals surface area (Å²) in [5.41, 5.74) is 0.653. The Morgan fingerprint density at radius 2 is 2.27 bits per heavy atom. The Morgan fingerprint density at radius 3 is 3.09 bits per heavy atom. The Kier molecular flexibility index (Phi) is 1.51. The molecule has 0 aliphatic carbocycles. The van der Waals surface area contributed by atoms with Crippen LogP contribution in [0.15, 0.2) is 22.5 Å².